The highest BCUT2D eigenvalue weighted by Crippen LogP contribution is 2.30. The van der Waals surface area contributed by atoms with Gasteiger partial charge in [-0.15, -0.1) is 0 Å². The van der Waals surface area contributed by atoms with Crippen molar-refractivity contribution < 1.29 is 9.90 Å². The third kappa shape index (κ3) is 2.99. The lowest BCUT2D eigenvalue weighted by Gasteiger charge is -2.25. The molecule has 0 amide bonds. The van der Waals surface area contributed by atoms with E-state index in [4.69, 9.17) is 5.11 Å². The lowest BCUT2D eigenvalue weighted by atomic mass is 9.81. The van der Waals surface area contributed by atoms with Gasteiger partial charge < -0.3 is 10.4 Å². The van der Waals surface area contributed by atoms with Gasteiger partial charge in [0.1, 0.15) is 6.04 Å². The van der Waals surface area contributed by atoms with Gasteiger partial charge in [-0.1, -0.05) is 20.8 Å². The van der Waals surface area contributed by atoms with Gasteiger partial charge in [-0.25, -0.2) is 0 Å². The molecular weight excluding hydrogens is 166 g/mol. The minimum absolute atomic E-state index is 0.227. The van der Waals surface area contributed by atoms with Crippen molar-refractivity contribution >= 4 is 5.97 Å². The van der Waals surface area contributed by atoms with Crippen LogP contribution in [0.25, 0.3) is 0 Å². The van der Waals surface area contributed by atoms with Crippen LogP contribution in [0.4, 0.5) is 0 Å². The zero-order chi connectivity index (χ0) is 10.1. The first-order valence-corrected chi connectivity index (χ1v) is 4.86. The van der Waals surface area contributed by atoms with Gasteiger partial charge in [0.2, 0.25) is 0 Å². The Morgan fingerprint density at radius 2 is 2.15 bits per heavy atom. The van der Waals surface area contributed by atoms with Crippen LogP contribution in [0, 0.1) is 11.3 Å². The topological polar surface area (TPSA) is 49.3 Å². The number of carbonyl (C=O) groups is 1. The molecule has 0 aliphatic carbocycles. The second-order valence-electron chi connectivity index (χ2n) is 5.08. The first-order valence-electron chi connectivity index (χ1n) is 4.86. The van der Waals surface area contributed by atoms with E-state index in [1.807, 2.05) is 0 Å². The van der Waals surface area contributed by atoms with Crippen LogP contribution in [0.2, 0.25) is 0 Å². The molecule has 1 rings (SSSR count). The SMILES string of the molecule is CC(C)(C)C[C@H]1CCN[C@@H]1C(=O)O. The fraction of sp³-hybridized carbons (Fsp3) is 0.900. The highest BCUT2D eigenvalue weighted by Gasteiger charge is 2.34. The van der Waals surface area contributed by atoms with E-state index in [0.29, 0.717) is 5.92 Å². The molecule has 0 spiro atoms. The molecule has 0 aromatic rings. The summed E-state index contributed by atoms with van der Waals surface area (Å²) in [4.78, 5) is 10.8. The van der Waals surface area contributed by atoms with E-state index in [2.05, 4.69) is 26.1 Å². The van der Waals surface area contributed by atoms with Gasteiger partial charge in [0, 0.05) is 0 Å². The normalized spacial score (nSPS) is 29.2. The monoisotopic (exact) mass is 185 g/mol. The molecule has 2 atom stereocenters. The van der Waals surface area contributed by atoms with Gasteiger partial charge in [0.25, 0.3) is 0 Å². The standard InChI is InChI=1S/C10H19NO2/c1-10(2,3)6-7-4-5-11-8(7)9(12)13/h7-8,11H,4-6H2,1-3H3,(H,12,13)/t7-,8+/m1/s1. The summed E-state index contributed by atoms with van der Waals surface area (Å²) in [6, 6.07) is -0.320. The lowest BCUT2D eigenvalue weighted by Crippen LogP contribution is -2.36. The van der Waals surface area contributed by atoms with Crippen LogP contribution < -0.4 is 5.32 Å². The molecule has 2 N–H and O–H groups in total. The number of hydrogen-bond acceptors (Lipinski definition) is 2. The van der Waals surface area contributed by atoms with E-state index in [0.717, 1.165) is 19.4 Å². The number of aliphatic carboxylic acids is 1. The number of carboxylic acid groups (broad SMARTS) is 1. The largest absolute Gasteiger partial charge is 0.480 e. The minimum atomic E-state index is -0.702. The Balaban J connectivity index is 2.54. The zero-order valence-corrected chi connectivity index (χ0v) is 8.63. The van der Waals surface area contributed by atoms with Crippen LogP contribution in [0.15, 0.2) is 0 Å². The van der Waals surface area contributed by atoms with Crippen molar-refractivity contribution in [3.05, 3.63) is 0 Å². The molecule has 3 heteroatoms. The van der Waals surface area contributed by atoms with Crippen LogP contribution in [0.1, 0.15) is 33.6 Å². The molecule has 0 radical (unpaired) electrons. The average Bonchev–Trinajstić information content (AvgIpc) is 2.31. The van der Waals surface area contributed by atoms with Crippen molar-refractivity contribution in [3.8, 4) is 0 Å². The van der Waals surface area contributed by atoms with Crippen LogP contribution in [0.5, 0.6) is 0 Å². The van der Waals surface area contributed by atoms with Crippen molar-refractivity contribution in [2.24, 2.45) is 11.3 Å². The molecule has 1 aliphatic heterocycles. The molecule has 3 nitrogen and oxygen atoms in total. The Kier molecular flexibility index (Phi) is 2.96. The predicted molar refractivity (Wildman–Crippen MR) is 51.6 cm³/mol. The van der Waals surface area contributed by atoms with Crippen molar-refractivity contribution in [1.29, 1.82) is 0 Å². The summed E-state index contributed by atoms with van der Waals surface area (Å²) in [5.74, 6) is -0.399. The second-order valence-corrected chi connectivity index (χ2v) is 5.08. The second kappa shape index (κ2) is 3.66. The third-order valence-corrected chi connectivity index (χ3v) is 2.49. The predicted octanol–water partition coefficient (Wildman–Crippen LogP) is 1.49. The fourth-order valence-electron chi connectivity index (χ4n) is 2.05. The molecule has 1 aliphatic rings. The summed E-state index contributed by atoms with van der Waals surface area (Å²) in [5.41, 5.74) is 0.227. The van der Waals surface area contributed by atoms with Crippen molar-refractivity contribution in [3.63, 3.8) is 0 Å². The number of carboxylic acids is 1. The summed E-state index contributed by atoms with van der Waals surface area (Å²) in [7, 11) is 0. The van der Waals surface area contributed by atoms with Crippen LogP contribution in [0.3, 0.4) is 0 Å². The van der Waals surface area contributed by atoms with E-state index >= 15 is 0 Å². The maximum atomic E-state index is 10.8. The summed E-state index contributed by atoms with van der Waals surface area (Å²) in [5, 5.41) is 11.9. The number of nitrogens with one attached hydrogen (secondary N) is 1. The number of hydrogen-bond donors (Lipinski definition) is 2. The van der Waals surface area contributed by atoms with E-state index in [1.54, 1.807) is 0 Å². The molecule has 0 aromatic carbocycles. The zero-order valence-electron chi connectivity index (χ0n) is 8.63. The van der Waals surface area contributed by atoms with E-state index in [-0.39, 0.29) is 11.5 Å². The van der Waals surface area contributed by atoms with Crippen LogP contribution in [-0.4, -0.2) is 23.7 Å². The Labute approximate surface area is 79.5 Å². The minimum Gasteiger partial charge on any atom is -0.480 e. The van der Waals surface area contributed by atoms with E-state index in [1.165, 1.54) is 0 Å². The Bertz CT molecular complexity index is 196. The summed E-state index contributed by atoms with van der Waals surface area (Å²) >= 11 is 0. The van der Waals surface area contributed by atoms with Crippen molar-refractivity contribution in [2.75, 3.05) is 6.54 Å². The molecule has 13 heavy (non-hydrogen) atoms. The molecule has 1 fully saturated rings. The van der Waals surface area contributed by atoms with Crippen LogP contribution in [-0.2, 0) is 4.79 Å². The Hall–Kier alpha value is -0.570. The maximum absolute atomic E-state index is 10.8. The molecule has 0 saturated carbocycles. The van der Waals surface area contributed by atoms with Gasteiger partial charge in [-0.3, -0.25) is 4.79 Å². The first-order chi connectivity index (χ1) is 5.90. The molecule has 1 saturated heterocycles. The van der Waals surface area contributed by atoms with Crippen molar-refractivity contribution in [1.82, 2.24) is 5.32 Å². The smallest absolute Gasteiger partial charge is 0.320 e. The fourth-order valence-corrected chi connectivity index (χ4v) is 2.05. The third-order valence-electron chi connectivity index (χ3n) is 2.49. The van der Waals surface area contributed by atoms with Gasteiger partial charge >= 0.3 is 5.97 Å². The summed E-state index contributed by atoms with van der Waals surface area (Å²) < 4.78 is 0. The Morgan fingerprint density at radius 1 is 1.54 bits per heavy atom. The lowest BCUT2D eigenvalue weighted by molar-refractivity contribution is -0.140. The Morgan fingerprint density at radius 3 is 2.62 bits per heavy atom. The number of rotatable bonds is 2. The van der Waals surface area contributed by atoms with Gasteiger partial charge in [0.15, 0.2) is 0 Å². The van der Waals surface area contributed by atoms with Crippen LogP contribution >= 0.6 is 0 Å². The summed E-state index contributed by atoms with van der Waals surface area (Å²) in [6.07, 6.45) is 1.98. The van der Waals surface area contributed by atoms with E-state index in [9.17, 15) is 4.79 Å². The quantitative estimate of drug-likeness (QED) is 0.685. The molecule has 0 aromatic heterocycles. The average molecular weight is 185 g/mol. The van der Waals surface area contributed by atoms with E-state index < -0.39 is 5.97 Å². The van der Waals surface area contributed by atoms with Gasteiger partial charge in [-0.2, -0.15) is 0 Å². The molecule has 1 heterocycles. The molecule has 0 unspecified atom stereocenters. The highest BCUT2D eigenvalue weighted by atomic mass is 16.4. The highest BCUT2D eigenvalue weighted by molar-refractivity contribution is 5.74. The molecule has 0 bridgehead atoms. The summed E-state index contributed by atoms with van der Waals surface area (Å²) in [6.45, 7) is 7.32. The van der Waals surface area contributed by atoms with Gasteiger partial charge in [0.05, 0.1) is 0 Å². The maximum Gasteiger partial charge on any atom is 0.320 e. The first kappa shape index (κ1) is 10.5. The van der Waals surface area contributed by atoms with Crippen molar-refractivity contribution in [2.45, 2.75) is 39.7 Å². The molecule has 76 valence electrons. The van der Waals surface area contributed by atoms with Gasteiger partial charge in [-0.05, 0) is 30.7 Å². The molecular formula is C10H19NO2.